The van der Waals surface area contributed by atoms with Crippen LogP contribution in [0.1, 0.15) is 93.4 Å². The van der Waals surface area contributed by atoms with Crippen molar-refractivity contribution in [1.29, 1.82) is 0 Å². The molecule has 0 aromatic rings. The predicted molar refractivity (Wildman–Crippen MR) is 91.4 cm³/mol. The smallest absolute Gasteiger partial charge is 0.316 e. The van der Waals surface area contributed by atoms with Crippen molar-refractivity contribution in [3.05, 3.63) is 11.8 Å². The predicted octanol–water partition coefficient (Wildman–Crippen LogP) is 6.85. The van der Waals surface area contributed by atoms with Crippen LogP contribution in [0.2, 0.25) is 0 Å². The van der Waals surface area contributed by atoms with Crippen LogP contribution in [0.15, 0.2) is 0 Å². The second kappa shape index (κ2) is 9.61. The van der Waals surface area contributed by atoms with Crippen LogP contribution in [0.5, 0.6) is 0 Å². The summed E-state index contributed by atoms with van der Waals surface area (Å²) in [6.07, 6.45) is 9.77. The van der Waals surface area contributed by atoms with E-state index < -0.39 is 0 Å². The first-order chi connectivity index (χ1) is 9.27. The molecule has 2 aliphatic rings. The van der Waals surface area contributed by atoms with Crippen molar-refractivity contribution in [3.63, 3.8) is 0 Å². The average molecular weight is 334 g/mol. The van der Waals surface area contributed by atoms with Crippen LogP contribution >= 0.6 is 0 Å². The summed E-state index contributed by atoms with van der Waals surface area (Å²) >= 11 is 0. The molecule has 2 rings (SSSR count). The Hall–Kier alpha value is 0.519. The Morgan fingerprint density at radius 1 is 0.857 bits per heavy atom. The average Bonchev–Trinajstić information content (AvgIpc) is 2.95. The van der Waals surface area contributed by atoms with E-state index in [0.717, 1.165) is 17.8 Å². The SMILES string of the molecule is CCC1C[C-](C)CC1CC.C[C-]1CCC(C(C)(C)C)C1.[Fe+2]. The van der Waals surface area contributed by atoms with Crippen LogP contribution in [0, 0.1) is 35.0 Å². The van der Waals surface area contributed by atoms with Crippen LogP contribution in [-0.4, -0.2) is 0 Å². The second-order valence-corrected chi connectivity index (χ2v) is 8.46. The Labute approximate surface area is 145 Å². The van der Waals surface area contributed by atoms with Gasteiger partial charge in [0.2, 0.25) is 0 Å². The monoisotopic (exact) mass is 334 g/mol. The molecule has 0 aliphatic heterocycles. The molecule has 0 N–H and O–H groups in total. The summed E-state index contributed by atoms with van der Waals surface area (Å²) in [4.78, 5) is 0. The molecule has 21 heavy (non-hydrogen) atoms. The first kappa shape index (κ1) is 21.5. The van der Waals surface area contributed by atoms with Crippen LogP contribution in [0.4, 0.5) is 0 Å². The summed E-state index contributed by atoms with van der Waals surface area (Å²) in [6.45, 7) is 16.3. The van der Waals surface area contributed by atoms with Gasteiger partial charge in [-0.3, -0.25) is 0 Å². The van der Waals surface area contributed by atoms with Gasteiger partial charge in [-0.25, -0.2) is 0 Å². The molecule has 0 spiro atoms. The molecule has 3 unspecified atom stereocenters. The van der Waals surface area contributed by atoms with Crippen molar-refractivity contribution in [1.82, 2.24) is 0 Å². The third-order valence-electron chi connectivity index (χ3n) is 5.68. The first-order valence-corrected chi connectivity index (χ1v) is 8.90. The van der Waals surface area contributed by atoms with E-state index in [-0.39, 0.29) is 17.1 Å². The summed E-state index contributed by atoms with van der Waals surface area (Å²) in [5, 5.41) is 0. The zero-order valence-corrected chi connectivity index (χ0v) is 16.6. The number of rotatable bonds is 2. The van der Waals surface area contributed by atoms with E-state index in [1.165, 1.54) is 44.9 Å². The summed E-state index contributed by atoms with van der Waals surface area (Å²) in [6, 6.07) is 0. The van der Waals surface area contributed by atoms with Crippen LogP contribution in [-0.2, 0) is 17.1 Å². The van der Waals surface area contributed by atoms with Crippen LogP contribution in [0.3, 0.4) is 0 Å². The molecule has 0 nitrogen and oxygen atoms in total. The topological polar surface area (TPSA) is 0 Å². The zero-order valence-electron chi connectivity index (χ0n) is 15.5. The van der Waals surface area contributed by atoms with Crippen LogP contribution in [0.25, 0.3) is 0 Å². The molecule has 0 amide bonds. The van der Waals surface area contributed by atoms with Gasteiger partial charge in [0.05, 0.1) is 0 Å². The van der Waals surface area contributed by atoms with Gasteiger partial charge in [0.25, 0.3) is 0 Å². The van der Waals surface area contributed by atoms with Gasteiger partial charge in [-0.2, -0.15) is 39.5 Å². The summed E-state index contributed by atoms with van der Waals surface area (Å²) in [7, 11) is 0. The minimum Gasteiger partial charge on any atom is -0.316 e. The minimum absolute atomic E-state index is 0. The van der Waals surface area contributed by atoms with Gasteiger partial charge in [-0.15, -0.1) is 0 Å². The van der Waals surface area contributed by atoms with E-state index >= 15 is 0 Å². The maximum atomic E-state index is 2.36. The van der Waals surface area contributed by atoms with E-state index in [4.69, 9.17) is 0 Å². The molecule has 0 radical (unpaired) electrons. The van der Waals surface area contributed by atoms with Crippen molar-refractivity contribution in [2.45, 2.75) is 93.4 Å². The molecular formula is C20H38Fe. The molecule has 0 saturated heterocycles. The molecule has 0 bridgehead atoms. The van der Waals surface area contributed by atoms with E-state index in [0.29, 0.717) is 5.41 Å². The van der Waals surface area contributed by atoms with Gasteiger partial charge in [0.15, 0.2) is 0 Å². The second-order valence-electron chi connectivity index (χ2n) is 8.46. The maximum absolute atomic E-state index is 2.36. The molecule has 1 heteroatoms. The summed E-state index contributed by atoms with van der Waals surface area (Å²) in [5.74, 6) is 6.43. The molecule has 3 atom stereocenters. The van der Waals surface area contributed by atoms with Gasteiger partial charge < -0.3 is 11.8 Å². The Kier molecular flexibility index (Phi) is 9.85. The van der Waals surface area contributed by atoms with Gasteiger partial charge in [-0.1, -0.05) is 71.6 Å². The molecule has 2 saturated carbocycles. The van der Waals surface area contributed by atoms with Crippen molar-refractivity contribution in [2.75, 3.05) is 0 Å². The van der Waals surface area contributed by atoms with E-state index in [1.807, 2.05) is 0 Å². The first-order valence-electron chi connectivity index (χ1n) is 8.90. The van der Waals surface area contributed by atoms with Crippen molar-refractivity contribution < 1.29 is 17.1 Å². The van der Waals surface area contributed by atoms with E-state index in [2.05, 4.69) is 48.5 Å². The Balaban J connectivity index is 0.000000364. The van der Waals surface area contributed by atoms with E-state index in [9.17, 15) is 0 Å². The molecule has 0 heterocycles. The van der Waals surface area contributed by atoms with E-state index in [1.54, 1.807) is 11.8 Å². The Morgan fingerprint density at radius 3 is 1.57 bits per heavy atom. The number of hydrogen-bond acceptors (Lipinski definition) is 0. The third kappa shape index (κ3) is 7.08. The van der Waals surface area contributed by atoms with Crippen molar-refractivity contribution >= 4 is 0 Å². The molecule has 126 valence electrons. The molecule has 0 aromatic carbocycles. The van der Waals surface area contributed by atoms with Crippen molar-refractivity contribution in [3.8, 4) is 0 Å². The fourth-order valence-corrected chi connectivity index (χ4v) is 4.05. The van der Waals surface area contributed by atoms with Gasteiger partial charge in [0.1, 0.15) is 0 Å². The zero-order chi connectivity index (χ0) is 15.3. The summed E-state index contributed by atoms with van der Waals surface area (Å²) in [5.41, 5.74) is 0.539. The van der Waals surface area contributed by atoms with Crippen LogP contribution < -0.4 is 0 Å². The largest absolute Gasteiger partial charge is 2.00 e. The minimum atomic E-state index is 0. The maximum Gasteiger partial charge on any atom is 2.00 e. The molecular weight excluding hydrogens is 296 g/mol. The standard InChI is InChI=1S/2C10H19.Fe/c1-8-5-6-9(7-8)10(2,3)4;1-4-9-6-8(3)7-10(9)5-2;/h9H,5-7H2,1-4H3;9-10H,4-7H2,1-3H3;/q2*-1;+2. The van der Waals surface area contributed by atoms with Gasteiger partial charge >= 0.3 is 17.1 Å². The van der Waals surface area contributed by atoms with Gasteiger partial charge in [0, 0.05) is 0 Å². The fraction of sp³-hybridized carbons (Fsp3) is 0.900. The molecule has 2 fully saturated rings. The summed E-state index contributed by atoms with van der Waals surface area (Å²) < 4.78 is 0. The Morgan fingerprint density at radius 2 is 1.33 bits per heavy atom. The number of hydrogen-bond donors (Lipinski definition) is 0. The Bertz CT molecular complexity index is 254. The quantitative estimate of drug-likeness (QED) is 0.382. The van der Waals surface area contributed by atoms with Crippen molar-refractivity contribution in [2.24, 2.45) is 23.2 Å². The molecule has 2 aliphatic carbocycles. The molecule has 0 aromatic heterocycles. The normalized spacial score (nSPS) is 30.7. The fourth-order valence-electron chi connectivity index (χ4n) is 4.05. The van der Waals surface area contributed by atoms with Gasteiger partial charge in [-0.05, 0) is 5.41 Å². The third-order valence-corrected chi connectivity index (χ3v) is 5.68.